The first-order valence-corrected chi connectivity index (χ1v) is 14.6. The molecule has 0 bridgehead atoms. The van der Waals surface area contributed by atoms with E-state index in [-0.39, 0.29) is 11.7 Å². The highest BCUT2D eigenvalue weighted by molar-refractivity contribution is 5.53. The van der Waals surface area contributed by atoms with Crippen LogP contribution in [0.5, 0.6) is 5.75 Å². The Labute approximate surface area is 228 Å². The fourth-order valence-corrected chi connectivity index (χ4v) is 7.67. The van der Waals surface area contributed by atoms with Gasteiger partial charge in [0.05, 0.1) is 6.10 Å². The lowest BCUT2D eigenvalue weighted by Gasteiger charge is -2.53. The predicted octanol–water partition coefficient (Wildman–Crippen LogP) is 7.86. The second-order valence-corrected chi connectivity index (χ2v) is 13.3. The highest BCUT2D eigenvalue weighted by Gasteiger charge is 2.47. The number of ether oxygens (including phenoxy) is 1. The number of hydrogen-bond donors (Lipinski definition) is 1. The van der Waals surface area contributed by atoms with Gasteiger partial charge in [-0.1, -0.05) is 48.5 Å². The minimum atomic E-state index is -0.200. The Morgan fingerprint density at radius 3 is 2.29 bits per heavy atom. The van der Waals surface area contributed by atoms with Gasteiger partial charge in [-0.2, -0.15) is 0 Å². The van der Waals surface area contributed by atoms with Crippen LogP contribution >= 0.6 is 0 Å². The number of aryl methyl sites for hydroxylation is 1. The van der Waals surface area contributed by atoms with Crippen molar-refractivity contribution in [1.29, 1.82) is 0 Å². The van der Waals surface area contributed by atoms with Crippen molar-refractivity contribution in [3.63, 3.8) is 0 Å². The fourth-order valence-electron chi connectivity index (χ4n) is 7.67. The fraction of sp³-hybridized carbons (Fsp3) is 0.486. The van der Waals surface area contributed by atoms with Crippen LogP contribution in [0.2, 0.25) is 0 Å². The van der Waals surface area contributed by atoms with E-state index in [0.29, 0.717) is 23.3 Å². The van der Waals surface area contributed by atoms with Crippen LogP contribution in [0.25, 0.3) is 0 Å². The summed E-state index contributed by atoms with van der Waals surface area (Å²) >= 11 is 0. The van der Waals surface area contributed by atoms with Gasteiger partial charge in [-0.15, -0.1) is 0 Å². The van der Waals surface area contributed by atoms with Gasteiger partial charge in [0.1, 0.15) is 11.4 Å². The Morgan fingerprint density at radius 1 is 0.895 bits per heavy atom. The quantitative estimate of drug-likeness (QED) is 0.389. The Hall–Kier alpha value is -2.78. The molecule has 1 N–H and O–H groups in total. The van der Waals surface area contributed by atoms with Gasteiger partial charge in [0.15, 0.2) is 0 Å². The van der Waals surface area contributed by atoms with Crippen molar-refractivity contribution in [1.82, 2.24) is 0 Å². The van der Waals surface area contributed by atoms with Gasteiger partial charge in [-0.25, -0.2) is 0 Å². The normalized spacial score (nSPS) is 29.0. The van der Waals surface area contributed by atoms with Crippen molar-refractivity contribution in [3.05, 3.63) is 95.1 Å². The molecule has 1 unspecified atom stereocenters. The molecule has 2 aliphatic carbocycles. The first-order chi connectivity index (χ1) is 18.2. The largest absolute Gasteiger partial charge is 0.488 e. The molecule has 3 aromatic rings. The van der Waals surface area contributed by atoms with E-state index in [2.05, 4.69) is 105 Å². The molecule has 3 aromatic carbocycles. The maximum Gasteiger partial charge on any atom is 0.120 e. The van der Waals surface area contributed by atoms with Gasteiger partial charge in [0.25, 0.3) is 0 Å². The predicted molar refractivity (Wildman–Crippen MR) is 156 cm³/mol. The molecule has 3 aliphatic rings. The van der Waals surface area contributed by atoms with E-state index in [4.69, 9.17) is 4.74 Å². The number of hydrogen-bond acceptors (Lipinski definition) is 3. The summed E-state index contributed by atoms with van der Waals surface area (Å²) in [5.41, 5.74) is 7.21. The summed E-state index contributed by atoms with van der Waals surface area (Å²) in [6, 6.07) is 27.8. The van der Waals surface area contributed by atoms with E-state index in [1.54, 1.807) is 0 Å². The standard InChI is InChI=1S/C35H43NO2/c1-24-21-35(22-29(37)23-35)18-19-36(24)28-13-10-26(11-14-28)33-31(25-8-6-5-7-9-25)16-12-27-20-30(15-17-32(27)33)38-34(2,3)4/h5-11,13-15,17,20,24,29,31,33,37H,12,16,18-19,21-23H2,1-4H3/t24?,29?,31-,33+,35?/m1/s1. The van der Waals surface area contributed by atoms with Gasteiger partial charge in [0.2, 0.25) is 0 Å². The molecule has 1 saturated heterocycles. The molecule has 3 nitrogen and oxygen atoms in total. The van der Waals surface area contributed by atoms with E-state index < -0.39 is 0 Å². The number of anilines is 1. The van der Waals surface area contributed by atoms with Crippen LogP contribution in [-0.4, -0.2) is 29.4 Å². The third kappa shape index (κ3) is 4.98. The highest BCUT2D eigenvalue weighted by atomic mass is 16.5. The van der Waals surface area contributed by atoms with E-state index >= 15 is 0 Å². The van der Waals surface area contributed by atoms with E-state index in [1.807, 2.05) is 0 Å². The topological polar surface area (TPSA) is 32.7 Å². The van der Waals surface area contributed by atoms with Crippen LogP contribution in [0, 0.1) is 5.41 Å². The molecule has 200 valence electrons. The molecule has 0 amide bonds. The van der Waals surface area contributed by atoms with E-state index in [1.165, 1.54) is 40.8 Å². The van der Waals surface area contributed by atoms with Crippen molar-refractivity contribution in [3.8, 4) is 5.75 Å². The van der Waals surface area contributed by atoms with Crippen molar-refractivity contribution >= 4 is 5.69 Å². The zero-order chi connectivity index (χ0) is 26.5. The van der Waals surface area contributed by atoms with Gasteiger partial charge in [-0.3, -0.25) is 0 Å². The minimum Gasteiger partial charge on any atom is -0.488 e. The maximum atomic E-state index is 9.91. The third-order valence-electron chi connectivity index (χ3n) is 9.29. The van der Waals surface area contributed by atoms with Gasteiger partial charge < -0.3 is 14.7 Å². The minimum absolute atomic E-state index is 0.0694. The SMILES string of the molecule is CC1CC2(CCN1c1ccc([C@@H]3c4ccc(OC(C)(C)C)cc4CC[C@@H]3c3ccccc3)cc1)CC(O)C2. The first kappa shape index (κ1) is 25.5. The van der Waals surface area contributed by atoms with E-state index in [0.717, 1.165) is 38.0 Å². The third-order valence-corrected chi connectivity index (χ3v) is 9.29. The summed E-state index contributed by atoms with van der Waals surface area (Å²) in [7, 11) is 0. The number of rotatable bonds is 4. The lowest BCUT2D eigenvalue weighted by atomic mass is 9.60. The summed E-state index contributed by atoms with van der Waals surface area (Å²) < 4.78 is 6.23. The van der Waals surface area contributed by atoms with Gasteiger partial charge in [0, 0.05) is 24.2 Å². The molecular weight excluding hydrogens is 466 g/mol. The molecule has 1 heterocycles. The Kier molecular flexibility index (Phi) is 6.54. The van der Waals surface area contributed by atoms with Crippen molar-refractivity contribution in [2.75, 3.05) is 11.4 Å². The number of aliphatic hydroxyl groups is 1. The lowest BCUT2D eigenvalue weighted by molar-refractivity contribution is -0.0526. The molecule has 38 heavy (non-hydrogen) atoms. The van der Waals surface area contributed by atoms with Crippen molar-refractivity contribution in [2.45, 2.75) is 95.8 Å². The van der Waals surface area contributed by atoms with Crippen LogP contribution in [0.4, 0.5) is 5.69 Å². The van der Waals surface area contributed by atoms with Gasteiger partial charge >= 0.3 is 0 Å². The average molecular weight is 510 g/mol. The molecule has 3 heteroatoms. The van der Waals surface area contributed by atoms with Crippen LogP contribution in [0.3, 0.4) is 0 Å². The van der Waals surface area contributed by atoms with Crippen molar-refractivity contribution in [2.24, 2.45) is 5.41 Å². The number of nitrogens with zero attached hydrogens (tertiary/aromatic N) is 1. The molecule has 6 rings (SSSR count). The average Bonchev–Trinajstić information content (AvgIpc) is 2.87. The number of fused-ring (bicyclic) bond motifs is 1. The zero-order valence-corrected chi connectivity index (χ0v) is 23.5. The summed E-state index contributed by atoms with van der Waals surface area (Å²) in [6.07, 6.45) is 6.52. The molecule has 0 aromatic heterocycles. The molecule has 1 saturated carbocycles. The van der Waals surface area contributed by atoms with Crippen molar-refractivity contribution < 1.29 is 9.84 Å². The molecule has 3 atom stereocenters. The highest BCUT2D eigenvalue weighted by Crippen LogP contribution is 2.52. The maximum absolute atomic E-state index is 9.91. The van der Waals surface area contributed by atoms with Crippen LogP contribution < -0.4 is 9.64 Å². The second kappa shape index (κ2) is 9.75. The first-order valence-electron chi connectivity index (χ1n) is 14.6. The summed E-state index contributed by atoms with van der Waals surface area (Å²) in [5, 5.41) is 9.91. The molecule has 0 radical (unpaired) electrons. The number of aliphatic hydroxyl groups excluding tert-OH is 1. The summed E-state index contributed by atoms with van der Waals surface area (Å²) in [4.78, 5) is 2.58. The smallest absolute Gasteiger partial charge is 0.120 e. The zero-order valence-electron chi connectivity index (χ0n) is 23.5. The van der Waals surface area contributed by atoms with E-state index in [9.17, 15) is 5.11 Å². The van der Waals surface area contributed by atoms with Gasteiger partial charge in [-0.05, 0) is 124 Å². The Morgan fingerprint density at radius 2 is 1.63 bits per heavy atom. The van der Waals surface area contributed by atoms with Crippen LogP contribution in [0.1, 0.15) is 93.9 Å². The monoisotopic (exact) mass is 509 g/mol. The number of benzene rings is 3. The molecule has 1 spiro atoms. The van der Waals surface area contributed by atoms with Crippen LogP contribution in [-0.2, 0) is 6.42 Å². The Bertz CT molecular complexity index is 1250. The molecule has 1 aliphatic heterocycles. The molecule has 2 fully saturated rings. The number of piperidine rings is 1. The lowest BCUT2D eigenvalue weighted by Crippen LogP contribution is -2.52. The second-order valence-electron chi connectivity index (χ2n) is 13.3. The molecular formula is C35H43NO2. The van der Waals surface area contributed by atoms with Crippen LogP contribution in [0.15, 0.2) is 72.8 Å². The Balaban J connectivity index is 1.29. The summed E-state index contributed by atoms with van der Waals surface area (Å²) in [6.45, 7) is 9.78. The summed E-state index contributed by atoms with van der Waals surface area (Å²) in [5.74, 6) is 1.76.